The van der Waals surface area contributed by atoms with Crippen molar-refractivity contribution in [2.24, 2.45) is 0 Å². The first kappa shape index (κ1) is 30.5. The summed E-state index contributed by atoms with van der Waals surface area (Å²) in [5.41, 5.74) is 3.55. The molecule has 3 N–H and O–H groups in total. The summed E-state index contributed by atoms with van der Waals surface area (Å²) in [4.78, 5) is 24.7. The number of unbranched alkanes of at least 4 members (excludes halogenated alkanes) is 3. The van der Waals surface area contributed by atoms with E-state index in [0.29, 0.717) is 26.2 Å². The first-order chi connectivity index (χ1) is 19.8. The minimum atomic E-state index is -0.619. The molecular weight excluding hydrogens is 522 g/mol. The van der Waals surface area contributed by atoms with Gasteiger partial charge in [-0.25, -0.2) is 4.79 Å². The molecule has 4 rings (SSSR count). The van der Waals surface area contributed by atoms with Gasteiger partial charge in [-0.15, -0.1) is 0 Å². The number of ether oxygens (including phenoxy) is 3. The number of hydrogen-bond donors (Lipinski definition) is 3. The van der Waals surface area contributed by atoms with Crippen molar-refractivity contribution in [3.05, 3.63) is 64.7 Å². The van der Waals surface area contributed by atoms with E-state index in [1.165, 1.54) is 4.90 Å². The predicted octanol–water partition coefficient (Wildman–Crippen LogP) is 4.03. The second-order valence-corrected chi connectivity index (χ2v) is 10.8. The van der Waals surface area contributed by atoms with Crippen LogP contribution in [0.1, 0.15) is 74.3 Å². The largest absolute Gasteiger partial charge is 0.463 e. The van der Waals surface area contributed by atoms with Gasteiger partial charge in [-0.05, 0) is 54.8 Å². The highest BCUT2D eigenvalue weighted by Gasteiger charge is 2.29. The first-order valence-electron chi connectivity index (χ1n) is 14.4. The number of benzene rings is 2. The van der Waals surface area contributed by atoms with Crippen molar-refractivity contribution in [2.75, 3.05) is 32.8 Å². The third-order valence-corrected chi connectivity index (χ3v) is 6.94. The van der Waals surface area contributed by atoms with Crippen molar-refractivity contribution in [1.82, 2.24) is 15.5 Å². The number of carbonyl (C=O) groups excluding carboxylic acids is 2. The molecule has 41 heavy (non-hydrogen) atoms. The van der Waals surface area contributed by atoms with Gasteiger partial charge in [-0.1, -0.05) is 42.9 Å². The second-order valence-electron chi connectivity index (χ2n) is 10.8. The number of imide groups is 1. The van der Waals surface area contributed by atoms with Gasteiger partial charge in [-0.3, -0.25) is 9.69 Å². The average Bonchev–Trinajstić information content (AvgIpc) is 3.27. The van der Waals surface area contributed by atoms with Crippen molar-refractivity contribution in [3.63, 3.8) is 0 Å². The molecule has 0 aromatic heterocycles. The Morgan fingerprint density at radius 3 is 2.80 bits per heavy atom. The minimum Gasteiger partial charge on any atom is -0.463 e. The quantitative estimate of drug-likeness (QED) is 0.181. The number of carbonyl (C=O) groups is 2. The normalized spacial score (nSPS) is 16.4. The number of amides is 3. The van der Waals surface area contributed by atoms with Crippen LogP contribution in [0.15, 0.2) is 42.5 Å². The Bertz CT molecular complexity index is 1240. The van der Waals surface area contributed by atoms with E-state index in [-0.39, 0.29) is 25.0 Å². The molecule has 2 aromatic rings. The summed E-state index contributed by atoms with van der Waals surface area (Å²) in [6, 6.07) is 13.0. The molecule has 0 unspecified atom stereocenters. The number of fused-ring (bicyclic) bond motifs is 1. The number of nitrogens with zero attached hydrogens (tertiary/aromatic N) is 1. The van der Waals surface area contributed by atoms with Crippen LogP contribution in [0.5, 0.6) is 5.75 Å². The number of rotatable bonds is 14. The van der Waals surface area contributed by atoms with Gasteiger partial charge >= 0.3 is 6.03 Å². The molecule has 0 saturated carbocycles. The second kappa shape index (κ2) is 15.0. The highest BCUT2D eigenvalue weighted by Crippen LogP contribution is 2.32. The van der Waals surface area contributed by atoms with Crippen LogP contribution in [0, 0.1) is 11.8 Å². The predicted molar refractivity (Wildman–Crippen MR) is 155 cm³/mol. The molecule has 2 aromatic carbocycles. The van der Waals surface area contributed by atoms with Gasteiger partial charge in [0, 0.05) is 44.5 Å². The average molecular weight is 564 g/mol. The fourth-order valence-electron chi connectivity index (χ4n) is 4.66. The van der Waals surface area contributed by atoms with Gasteiger partial charge in [-0.2, -0.15) is 0 Å². The summed E-state index contributed by atoms with van der Waals surface area (Å²) in [5.74, 6) is 6.24. The Labute approximate surface area is 242 Å². The lowest BCUT2D eigenvalue weighted by molar-refractivity contribution is -0.180. The smallest absolute Gasteiger partial charge is 0.324 e. The molecule has 2 aliphatic heterocycles. The van der Waals surface area contributed by atoms with Crippen LogP contribution >= 0.6 is 0 Å². The lowest BCUT2D eigenvalue weighted by Crippen LogP contribution is -2.35. The van der Waals surface area contributed by atoms with Crippen LogP contribution in [0.4, 0.5) is 4.79 Å². The van der Waals surface area contributed by atoms with Crippen molar-refractivity contribution >= 4 is 11.9 Å². The van der Waals surface area contributed by atoms with Gasteiger partial charge < -0.3 is 30.0 Å². The van der Waals surface area contributed by atoms with Gasteiger partial charge in [0.25, 0.3) is 0 Å². The molecule has 220 valence electrons. The zero-order valence-electron chi connectivity index (χ0n) is 24.0. The van der Waals surface area contributed by atoms with Crippen LogP contribution in [0.3, 0.4) is 0 Å². The van der Waals surface area contributed by atoms with E-state index < -0.39 is 11.9 Å². The van der Waals surface area contributed by atoms with E-state index in [2.05, 4.69) is 22.5 Å². The molecule has 9 nitrogen and oxygen atoms in total. The molecule has 9 heteroatoms. The third kappa shape index (κ3) is 9.58. The summed E-state index contributed by atoms with van der Waals surface area (Å²) < 4.78 is 17.2. The summed E-state index contributed by atoms with van der Waals surface area (Å²) >= 11 is 0. The van der Waals surface area contributed by atoms with E-state index in [9.17, 15) is 14.7 Å². The van der Waals surface area contributed by atoms with Crippen molar-refractivity contribution < 1.29 is 28.9 Å². The van der Waals surface area contributed by atoms with Crippen LogP contribution in [0.25, 0.3) is 0 Å². The van der Waals surface area contributed by atoms with Gasteiger partial charge in [0.2, 0.25) is 11.7 Å². The van der Waals surface area contributed by atoms with E-state index >= 15 is 0 Å². The van der Waals surface area contributed by atoms with Crippen molar-refractivity contribution in [3.8, 4) is 17.6 Å². The molecule has 0 bridgehead atoms. The number of urea groups is 1. The topological polar surface area (TPSA) is 109 Å². The fraction of sp³-hybridized carbons (Fsp3) is 0.500. The maximum absolute atomic E-state index is 11.8. The minimum absolute atomic E-state index is 0.0595. The highest BCUT2D eigenvalue weighted by atomic mass is 16.7. The standard InChI is InChI=1S/C32H41N3O6/c1-32(2)40-23-27-19-26(13-14-29(27)41-32)28(36)20-33-15-6-3-4-7-16-39-17-8-5-10-24-11-9-12-25(18-24)22-35-30(37)21-34-31(35)38/h9,11-14,18-19,28,33,36H,3-4,6-8,15-17,20-23H2,1-2H3,(H,34,38)/t28-/m1/s1. The van der Waals surface area contributed by atoms with Gasteiger partial charge in [0.15, 0.2) is 0 Å². The van der Waals surface area contributed by atoms with Crippen LogP contribution in [-0.2, 0) is 27.4 Å². The molecule has 2 aliphatic rings. The van der Waals surface area contributed by atoms with E-state index in [1.807, 2.05) is 56.3 Å². The maximum Gasteiger partial charge on any atom is 0.324 e. The third-order valence-electron chi connectivity index (χ3n) is 6.94. The Morgan fingerprint density at radius 1 is 1.12 bits per heavy atom. The van der Waals surface area contributed by atoms with Crippen LogP contribution < -0.4 is 15.4 Å². The number of aliphatic hydroxyl groups is 1. The Balaban J connectivity index is 1.00. The van der Waals surface area contributed by atoms with Crippen molar-refractivity contribution in [1.29, 1.82) is 0 Å². The zero-order valence-corrected chi connectivity index (χ0v) is 24.0. The monoisotopic (exact) mass is 563 g/mol. The summed E-state index contributed by atoms with van der Waals surface area (Å²) in [6.07, 6.45) is 4.34. The molecule has 1 fully saturated rings. The summed E-state index contributed by atoms with van der Waals surface area (Å²) in [7, 11) is 0. The number of aliphatic hydroxyl groups excluding tert-OH is 1. The molecule has 0 spiro atoms. The molecule has 2 heterocycles. The maximum atomic E-state index is 11.8. The lowest BCUT2D eigenvalue weighted by atomic mass is 10.0. The molecule has 1 saturated heterocycles. The zero-order chi connectivity index (χ0) is 29.1. The van der Waals surface area contributed by atoms with E-state index in [4.69, 9.17) is 14.2 Å². The molecule has 0 radical (unpaired) electrons. The highest BCUT2D eigenvalue weighted by molar-refractivity contribution is 6.01. The molecule has 3 amide bonds. The summed E-state index contributed by atoms with van der Waals surface area (Å²) in [6.45, 7) is 7.26. The van der Waals surface area contributed by atoms with Crippen molar-refractivity contribution in [2.45, 2.75) is 71.0 Å². The Kier molecular flexibility index (Phi) is 11.2. The molecule has 0 aliphatic carbocycles. The molecule has 1 atom stereocenters. The lowest BCUT2D eigenvalue weighted by Gasteiger charge is -2.33. The van der Waals surface area contributed by atoms with E-state index in [1.54, 1.807) is 0 Å². The Hall–Kier alpha value is -3.42. The number of hydrogen-bond acceptors (Lipinski definition) is 7. The fourth-order valence-corrected chi connectivity index (χ4v) is 4.66. The Morgan fingerprint density at radius 2 is 1.98 bits per heavy atom. The van der Waals surface area contributed by atoms with Crippen LogP contribution in [0.2, 0.25) is 0 Å². The van der Waals surface area contributed by atoms with Gasteiger partial charge in [0.1, 0.15) is 5.75 Å². The van der Waals surface area contributed by atoms with E-state index in [0.717, 1.165) is 66.8 Å². The summed E-state index contributed by atoms with van der Waals surface area (Å²) in [5, 5.41) is 16.4. The SMILES string of the molecule is CC1(C)OCc2cc([C@H](O)CNCCCCCCOCCC#Cc3cccc(CN4C(=O)CNC4=O)c3)ccc2O1. The number of nitrogens with one attached hydrogen (secondary N) is 2. The molecular formula is C32H41N3O6. The van der Waals surface area contributed by atoms with Gasteiger partial charge in [0.05, 0.1) is 32.4 Å². The van der Waals surface area contributed by atoms with Crippen LogP contribution in [-0.4, -0.2) is 60.6 Å². The first-order valence-corrected chi connectivity index (χ1v) is 14.4.